The van der Waals surface area contributed by atoms with Crippen LogP contribution in [0.5, 0.6) is 0 Å². The molecule has 0 atom stereocenters. The maximum Gasteiger partial charge on any atom is 0.341 e. The van der Waals surface area contributed by atoms with Gasteiger partial charge in [-0.15, -0.1) is 0 Å². The second-order valence-corrected chi connectivity index (χ2v) is 2.16. The van der Waals surface area contributed by atoms with Crippen LogP contribution in [-0.4, -0.2) is 17.0 Å². The van der Waals surface area contributed by atoms with E-state index in [9.17, 15) is 9.59 Å². The van der Waals surface area contributed by atoms with Crippen molar-refractivity contribution in [2.75, 3.05) is 0 Å². The van der Waals surface area contributed by atoms with Gasteiger partial charge in [0.15, 0.2) is 0 Å². The van der Waals surface area contributed by atoms with Crippen LogP contribution < -0.4 is 11.5 Å². The maximum absolute atomic E-state index is 10.5. The van der Waals surface area contributed by atoms with Gasteiger partial charge in [0.25, 0.3) is 5.91 Å². The minimum atomic E-state index is -1.36. The van der Waals surface area contributed by atoms with Crippen molar-refractivity contribution < 1.29 is 14.7 Å². The minimum absolute atomic E-state index is 0.398. The molecule has 0 saturated heterocycles. The van der Waals surface area contributed by atoms with E-state index in [-0.39, 0.29) is 0 Å². The SMILES string of the molecule is CC(N)=CC=C(C(N)=O)C(=O)O. The van der Waals surface area contributed by atoms with Gasteiger partial charge in [-0.05, 0) is 19.1 Å². The molecular formula is C7H10N2O3. The Kier molecular flexibility index (Phi) is 3.55. The lowest BCUT2D eigenvalue weighted by atomic mass is 10.2. The molecule has 0 heterocycles. The van der Waals surface area contributed by atoms with Crippen molar-refractivity contribution in [1.29, 1.82) is 0 Å². The molecule has 0 fully saturated rings. The fourth-order valence-corrected chi connectivity index (χ4v) is 0.474. The van der Waals surface area contributed by atoms with Crippen molar-refractivity contribution in [2.24, 2.45) is 11.5 Å². The summed E-state index contributed by atoms with van der Waals surface area (Å²) in [6, 6.07) is 0. The van der Waals surface area contributed by atoms with Gasteiger partial charge in [0, 0.05) is 5.70 Å². The van der Waals surface area contributed by atoms with Gasteiger partial charge in [0.1, 0.15) is 5.57 Å². The predicted molar refractivity (Wildman–Crippen MR) is 42.9 cm³/mol. The summed E-state index contributed by atoms with van der Waals surface area (Å²) in [4.78, 5) is 20.8. The van der Waals surface area contributed by atoms with Gasteiger partial charge in [-0.2, -0.15) is 0 Å². The molecule has 0 aliphatic carbocycles. The van der Waals surface area contributed by atoms with E-state index in [0.29, 0.717) is 5.70 Å². The standard InChI is InChI=1S/C7H10N2O3/c1-4(8)2-3-5(6(9)10)7(11)12/h2-3H,8H2,1H3,(H2,9,10)(H,11,12). The summed E-state index contributed by atoms with van der Waals surface area (Å²) in [6.07, 6.45) is 2.37. The van der Waals surface area contributed by atoms with Gasteiger partial charge >= 0.3 is 5.97 Å². The van der Waals surface area contributed by atoms with Crippen molar-refractivity contribution in [3.05, 3.63) is 23.4 Å². The highest BCUT2D eigenvalue weighted by Gasteiger charge is 2.11. The monoisotopic (exact) mass is 170 g/mol. The van der Waals surface area contributed by atoms with Crippen molar-refractivity contribution in [2.45, 2.75) is 6.92 Å². The van der Waals surface area contributed by atoms with Crippen molar-refractivity contribution in [1.82, 2.24) is 0 Å². The zero-order valence-electron chi connectivity index (χ0n) is 6.57. The number of carboxylic acid groups (broad SMARTS) is 1. The van der Waals surface area contributed by atoms with E-state index in [1.54, 1.807) is 6.92 Å². The molecule has 5 heteroatoms. The summed E-state index contributed by atoms with van der Waals surface area (Å²) < 4.78 is 0. The van der Waals surface area contributed by atoms with Crippen LogP contribution in [0.4, 0.5) is 0 Å². The van der Waals surface area contributed by atoms with Crippen LogP contribution in [0.2, 0.25) is 0 Å². The number of aliphatic carboxylic acids is 1. The molecule has 0 aliphatic heterocycles. The second-order valence-electron chi connectivity index (χ2n) is 2.16. The lowest BCUT2D eigenvalue weighted by Crippen LogP contribution is -2.20. The first kappa shape index (κ1) is 10.2. The lowest BCUT2D eigenvalue weighted by Gasteiger charge is -1.93. The topological polar surface area (TPSA) is 106 Å². The number of hydrogen-bond donors (Lipinski definition) is 3. The molecule has 0 aliphatic rings. The Hall–Kier alpha value is -1.78. The molecule has 66 valence electrons. The van der Waals surface area contributed by atoms with Crippen LogP contribution in [0.15, 0.2) is 23.4 Å². The van der Waals surface area contributed by atoms with Gasteiger partial charge in [-0.3, -0.25) is 4.79 Å². The number of rotatable bonds is 3. The summed E-state index contributed by atoms with van der Waals surface area (Å²) in [7, 11) is 0. The van der Waals surface area contributed by atoms with Gasteiger partial charge in [-0.25, -0.2) is 4.79 Å². The first-order chi connectivity index (χ1) is 5.45. The van der Waals surface area contributed by atoms with Crippen LogP contribution >= 0.6 is 0 Å². The zero-order valence-corrected chi connectivity index (χ0v) is 6.57. The third kappa shape index (κ3) is 3.40. The molecule has 5 nitrogen and oxygen atoms in total. The molecule has 0 unspecified atom stereocenters. The Morgan fingerprint density at radius 2 is 1.75 bits per heavy atom. The number of allylic oxidation sites excluding steroid dienone is 3. The highest BCUT2D eigenvalue weighted by molar-refractivity contribution is 6.15. The number of nitrogens with two attached hydrogens (primary N) is 2. The summed E-state index contributed by atoms with van der Waals surface area (Å²) in [5.74, 6) is -2.35. The number of carbonyl (C=O) groups excluding carboxylic acids is 1. The number of primary amides is 1. The highest BCUT2D eigenvalue weighted by Crippen LogP contribution is 1.94. The van der Waals surface area contributed by atoms with Crippen LogP contribution in [0.3, 0.4) is 0 Å². The molecule has 0 aromatic heterocycles. The van der Waals surface area contributed by atoms with Gasteiger partial charge < -0.3 is 16.6 Å². The Bertz CT molecular complexity index is 246. The summed E-state index contributed by atoms with van der Waals surface area (Å²) in [6.45, 7) is 1.57. The van der Waals surface area contributed by atoms with Crippen molar-refractivity contribution in [3.63, 3.8) is 0 Å². The maximum atomic E-state index is 10.5. The van der Waals surface area contributed by atoms with E-state index in [1.165, 1.54) is 6.08 Å². The molecular weight excluding hydrogens is 160 g/mol. The molecule has 0 aromatic rings. The third-order valence-electron chi connectivity index (χ3n) is 1.01. The van der Waals surface area contributed by atoms with E-state index in [0.717, 1.165) is 6.08 Å². The Morgan fingerprint density at radius 3 is 2.00 bits per heavy atom. The molecule has 1 amide bonds. The van der Waals surface area contributed by atoms with E-state index in [2.05, 4.69) is 0 Å². The Balaban J connectivity index is 4.75. The summed E-state index contributed by atoms with van der Waals surface area (Å²) in [5, 5.41) is 8.42. The van der Waals surface area contributed by atoms with E-state index in [1.807, 2.05) is 0 Å². The summed E-state index contributed by atoms with van der Waals surface area (Å²) >= 11 is 0. The largest absolute Gasteiger partial charge is 0.477 e. The molecule has 0 radical (unpaired) electrons. The smallest absolute Gasteiger partial charge is 0.341 e. The highest BCUT2D eigenvalue weighted by atomic mass is 16.4. The fraction of sp³-hybridized carbons (Fsp3) is 0.143. The Morgan fingerprint density at radius 1 is 1.25 bits per heavy atom. The minimum Gasteiger partial charge on any atom is -0.477 e. The first-order valence-electron chi connectivity index (χ1n) is 3.12. The van der Waals surface area contributed by atoms with E-state index >= 15 is 0 Å². The second kappa shape index (κ2) is 4.17. The normalized spacial score (nSPS) is 12.8. The molecule has 12 heavy (non-hydrogen) atoms. The van der Waals surface area contributed by atoms with E-state index < -0.39 is 17.4 Å². The van der Waals surface area contributed by atoms with Crippen LogP contribution in [-0.2, 0) is 9.59 Å². The number of hydrogen-bond acceptors (Lipinski definition) is 3. The number of carbonyl (C=O) groups is 2. The first-order valence-corrected chi connectivity index (χ1v) is 3.12. The summed E-state index contributed by atoms with van der Waals surface area (Å²) in [5.41, 5.74) is 9.89. The van der Waals surface area contributed by atoms with Gasteiger partial charge in [0.2, 0.25) is 0 Å². The Labute approximate surface area is 69.3 Å². The molecule has 5 N–H and O–H groups in total. The third-order valence-corrected chi connectivity index (χ3v) is 1.01. The van der Waals surface area contributed by atoms with Crippen LogP contribution in [0, 0.1) is 0 Å². The van der Waals surface area contributed by atoms with Gasteiger partial charge in [-0.1, -0.05) is 0 Å². The quantitative estimate of drug-likeness (QED) is 0.226. The average Bonchev–Trinajstić information content (AvgIpc) is 1.84. The van der Waals surface area contributed by atoms with E-state index in [4.69, 9.17) is 16.6 Å². The molecule has 0 spiro atoms. The molecule has 0 bridgehead atoms. The van der Waals surface area contributed by atoms with Crippen LogP contribution in [0.1, 0.15) is 6.92 Å². The number of carboxylic acids is 1. The predicted octanol–water partition coefficient (Wildman–Crippen LogP) is -0.655. The fourth-order valence-electron chi connectivity index (χ4n) is 0.474. The van der Waals surface area contributed by atoms with Crippen molar-refractivity contribution in [3.8, 4) is 0 Å². The lowest BCUT2D eigenvalue weighted by molar-refractivity contribution is -0.134. The molecule has 0 rings (SSSR count). The zero-order chi connectivity index (χ0) is 9.72. The van der Waals surface area contributed by atoms with Crippen molar-refractivity contribution >= 4 is 11.9 Å². The molecule has 0 aromatic carbocycles. The average molecular weight is 170 g/mol. The van der Waals surface area contributed by atoms with Gasteiger partial charge in [0.05, 0.1) is 0 Å². The molecule has 0 saturated carbocycles. The number of amides is 1. The van der Waals surface area contributed by atoms with Crippen LogP contribution in [0.25, 0.3) is 0 Å².